The quantitative estimate of drug-likeness (QED) is 0.803. The zero-order chi connectivity index (χ0) is 13.1. The number of pyridine rings is 2. The van der Waals surface area contributed by atoms with E-state index >= 15 is 0 Å². The van der Waals surface area contributed by atoms with Crippen LogP contribution in [0.5, 0.6) is 5.75 Å². The smallest absolute Gasteiger partial charge is 0.387 e. The fourth-order valence-corrected chi connectivity index (χ4v) is 1.51. The third-order valence-corrected chi connectivity index (χ3v) is 2.27. The maximum atomic E-state index is 13.6. The second-order valence-electron chi connectivity index (χ2n) is 3.22. The molecule has 0 aliphatic carbocycles. The minimum absolute atomic E-state index is 0.0384. The van der Waals surface area contributed by atoms with Gasteiger partial charge in [0, 0.05) is 18.5 Å². The first-order valence-electron chi connectivity index (χ1n) is 4.79. The Labute approximate surface area is 105 Å². The van der Waals surface area contributed by atoms with Crippen LogP contribution in [-0.2, 0) is 0 Å². The van der Waals surface area contributed by atoms with E-state index in [9.17, 15) is 13.2 Å². The monoisotopic (exact) mass is 274 g/mol. The van der Waals surface area contributed by atoms with E-state index in [1.165, 1.54) is 18.3 Å². The number of aromatic nitrogens is 2. The third-order valence-electron chi connectivity index (χ3n) is 2.06. The van der Waals surface area contributed by atoms with Crippen molar-refractivity contribution in [3.63, 3.8) is 0 Å². The molecule has 18 heavy (non-hydrogen) atoms. The van der Waals surface area contributed by atoms with Crippen molar-refractivity contribution in [1.29, 1.82) is 0 Å². The summed E-state index contributed by atoms with van der Waals surface area (Å²) in [6.45, 7) is -3.02. The number of alkyl halides is 2. The predicted molar refractivity (Wildman–Crippen MR) is 59.1 cm³/mol. The van der Waals surface area contributed by atoms with Crippen molar-refractivity contribution in [2.75, 3.05) is 0 Å². The summed E-state index contributed by atoms with van der Waals surface area (Å²) in [5.74, 6) is -0.941. The van der Waals surface area contributed by atoms with E-state index in [2.05, 4.69) is 14.7 Å². The molecule has 2 aromatic rings. The van der Waals surface area contributed by atoms with Gasteiger partial charge in [0.25, 0.3) is 0 Å². The number of rotatable bonds is 3. The zero-order valence-corrected chi connectivity index (χ0v) is 9.53. The van der Waals surface area contributed by atoms with Crippen molar-refractivity contribution in [2.45, 2.75) is 6.61 Å². The molecule has 0 saturated carbocycles. The molecule has 0 bridgehead atoms. The molecule has 7 heteroatoms. The molecule has 0 unspecified atom stereocenters. The van der Waals surface area contributed by atoms with Gasteiger partial charge in [0.15, 0.2) is 5.75 Å². The summed E-state index contributed by atoms with van der Waals surface area (Å²) < 4.78 is 42.3. The molecule has 0 atom stereocenters. The van der Waals surface area contributed by atoms with Crippen LogP contribution in [0.25, 0.3) is 11.3 Å². The summed E-state index contributed by atoms with van der Waals surface area (Å²) in [5.41, 5.74) is -0.116. The molecule has 0 aliphatic heterocycles. The minimum atomic E-state index is -3.02. The number of halogens is 4. The first-order chi connectivity index (χ1) is 8.58. The Balaban J connectivity index is 2.49. The lowest BCUT2D eigenvalue weighted by Gasteiger charge is -2.09. The van der Waals surface area contributed by atoms with Crippen molar-refractivity contribution in [3.05, 3.63) is 41.6 Å². The average molecular weight is 275 g/mol. The molecule has 2 heterocycles. The molecule has 3 nitrogen and oxygen atoms in total. The minimum Gasteiger partial charge on any atom is -0.432 e. The van der Waals surface area contributed by atoms with E-state index in [0.29, 0.717) is 0 Å². The van der Waals surface area contributed by atoms with E-state index in [1.54, 1.807) is 0 Å². The normalized spacial score (nSPS) is 10.7. The van der Waals surface area contributed by atoms with Gasteiger partial charge in [-0.1, -0.05) is 11.6 Å². The van der Waals surface area contributed by atoms with Crippen LogP contribution in [0, 0.1) is 5.82 Å². The summed E-state index contributed by atoms with van der Waals surface area (Å²) in [6, 6.07) is 3.64. The van der Waals surface area contributed by atoms with E-state index < -0.39 is 12.4 Å². The topological polar surface area (TPSA) is 35.0 Å². The van der Waals surface area contributed by atoms with Crippen molar-refractivity contribution >= 4 is 11.6 Å². The number of nitrogens with zero attached hydrogens (tertiary/aromatic N) is 2. The molecule has 2 aromatic heterocycles. The van der Waals surface area contributed by atoms with E-state index in [1.807, 2.05) is 0 Å². The summed E-state index contributed by atoms with van der Waals surface area (Å²) in [6.07, 6.45) is 2.44. The van der Waals surface area contributed by atoms with Gasteiger partial charge >= 0.3 is 6.61 Å². The zero-order valence-electron chi connectivity index (χ0n) is 8.78. The van der Waals surface area contributed by atoms with Crippen LogP contribution in [0.1, 0.15) is 0 Å². The summed E-state index contributed by atoms with van der Waals surface area (Å²) in [4.78, 5) is 7.49. The molecule has 94 valence electrons. The van der Waals surface area contributed by atoms with Crippen molar-refractivity contribution in [2.24, 2.45) is 0 Å². The lowest BCUT2D eigenvalue weighted by molar-refractivity contribution is -0.0496. The third kappa shape index (κ3) is 2.70. The van der Waals surface area contributed by atoms with Crippen LogP contribution >= 0.6 is 11.6 Å². The van der Waals surface area contributed by atoms with Crippen molar-refractivity contribution in [1.82, 2.24) is 9.97 Å². The van der Waals surface area contributed by atoms with Gasteiger partial charge in [-0.3, -0.25) is 4.98 Å². The van der Waals surface area contributed by atoms with Gasteiger partial charge in [0.2, 0.25) is 0 Å². The molecule has 0 aliphatic rings. The predicted octanol–water partition coefficient (Wildman–Crippen LogP) is 3.54. The van der Waals surface area contributed by atoms with Crippen LogP contribution < -0.4 is 4.74 Å². The Hall–Kier alpha value is -1.82. The maximum Gasteiger partial charge on any atom is 0.387 e. The van der Waals surface area contributed by atoms with Crippen molar-refractivity contribution < 1.29 is 17.9 Å². The van der Waals surface area contributed by atoms with Crippen molar-refractivity contribution in [3.8, 4) is 17.0 Å². The maximum absolute atomic E-state index is 13.6. The number of ether oxygens (including phenoxy) is 1. The summed E-state index contributed by atoms with van der Waals surface area (Å²) in [7, 11) is 0. The van der Waals surface area contributed by atoms with Gasteiger partial charge in [-0.25, -0.2) is 9.37 Å². The highest BCUT2D eigenvalue weighted by atomic mass is 35.5. The van der Waals surface area contributed by atoms with Gasteiger partial charge in [-0.2, -0.15) is 8.78 Å². The fourth-order valence-electron chi connectivity index (χ4n) is 1.37. The van der Waals surface area contributed by atoms with Gasteiger partial charge in [-0.15, -0.1) is 0 Å². The standard InChI is InChI=1S/C11H6ClF3N2O/c12-9-4-7(13)6(5-17-9)10-8(18-11(14)15)2-1-3-16-10/h1-5,11H. The highest BCUT2D eigenvalue weighted by Crippen LogP contribution is 2.30. The van der Waals surface area contributed by atoms with Crippen LogP contribution in [0.3, 0.4) is 0 Å². The summed E-state index contributed by atoms with van der Waals surface area (Å²) in [5, 5.41) is -0.0384. The second-order valence-corrected chi connectivity index (χ2v) is 3.60. The van der Waals surface area contributed by atoms with E-state index in [-0.39, 0.29) is 22.2 Å². The lowest BCUT2D eigenvalue weighted by Crippen LogP contribution is -2.04. The Morgan fingerprint density at radius 2 is 2.06 bits per heavy atom. The molecule has 0 aromatic carbocycles. The van der Waals surface area contributed by atoms with Gasteiger partial charge < -0.3 is 4.74 Å². The first-order valence-corrected chi connectivity index (χ1v) is 5.17. The van der Waals surface area contributed by atoms with Crippen LogP contribution in [0.2, 0.25) is 5.15 Å². The Morgan fingerprint density at radius 3 is 2.72 bits per heavy atom. The number of hydrogen-bond donors (Lipinski definition) is 0. The molecular weight excluding hydrogens is 269 g/mol. The Bertz CT molecular complexity index is 566. The number of hydrogen-bond acceptors (Lipinski definition) is 3. The molecule has 0 fully saturated rings. The van der Waals surface area contributed by atoms with Gasteiger partial charge in [0.05, 0.1) is 5.56 Å². The van der Waals surface area contributed by atoms with E-state index in [0.717, 1.165) is 12.3 Å². The van der Waals surface area contributed by atoms with Gasteiger partial charge in [0.1, 0.15) is 16.7 Å². The molecule has 0 amide bonds. The highest BCUT2D eigenvalue weighted by molar-refractivity contribution is 6.29. The first kappa shape index (κ1) is 12.6. The molecule has 2 rings (SSSR count). The average Bonchev–Trinajstić information content (AvgIpc) is 2.30. The van der Waals surface area contributed by atoms with Crippen LogP contribution in [0.4, 0.5) is 13.2 Å². The molecule has 0 saturated heterocycles. The highest BCUT2D eigenvalue weighted by Gasteiger charge is 2.15. The van der Waals surface area contributed by atoms with E-state index in [4.69, 9.17) is 11.6 Å². The summed E-state index contributed by atoms with van der Waals surface area (Å²) >= 11 is 5.51. The molecular formula is C11H6ClF3N2O. The largest absolute Gasteiger partial charge is 0.432 e. The molecule has 0 N–H and O–H groups in total. The lowest BCUT2D eigenvalue weighted by atomic mass is 10.1. The second kappa shape index (κ2) is 5.22. The molecule has 0 radical (unpaired) electrons. The van der Waals surface area contributed by atoms with Crippen LogP contribution in [-0.4, -0.2) is 16.6 Å². The Morgan fingerprint density at radius 1 is 1.28 bits per heavy atom. The van der Waals surface area contributed by atoms with Crippen LogP contribution in [0.15, 0.2) is 30.6 Å². The van der Waals surface area contributed by atoms with Gasteiger partial charge in [-0.05, 0) is 12.1 Å². The fraction of sp³-hybridized carbons (Fsp3) is 0.0909. The Kier molecular flexibility index (Phi) is 3.66. The SMILES string of the molecule is Fc1cc(Cl)ncc1-c1ncccc1OC(F)F. The molecule has 0 spiro atoms.